The first-order valence-corrected chi connectivity index (χ1v) is 4.70. The molecule has 2 fully saturated rings. The Morgan fingerprint density at radius 1 is 1.38 bits per heavy atom. The lowest BCUT2D eigenvalue weighted by Crippen LogP contribution is -2.28. The van der Waals surface area contributed by atoms with Crippen molar-refractivity contribution in [1.29, 1.82) is 0 Å². The number of hydrogen-bond acceptors (Lipinski definition) is 3. The molecule has 2 aliphatic rings. The second-order valence-electron chi connectivity index (χ2n) is 4.27. The summed E-state index contributed by atoms with van der Waals surface area (Å²) in [6, 6.07) is 0. The zero-order chi connectivity index (χ0) is 9.64. The molecule has 3 heteroatoms. The number of fused-ring (bicyclic) bond motifs is 1. The molecule has 3 nitrogen and oxygen atoms in total. The maximum atomic E-state index is 9.68. The van der Waals surface area contributed by atoms with Crippen molar-refractivity contribution in [2.75, 3.05) is 0 Å². The van der Waals surface area contributed by atoms with E-state index in [1.807, 2.05) is 19.9 Å². The van der Waals surface area contributed by atoms with Gasteiger partial charge < -0.3 is 14.6 Å². The van der Waals surface area contributed by atoms with Gasteiger partial charge in [0.05, 0.1) is 12.2 Å². The predicted octanol–water partition coefficient (Wildman–Crippen LogP) is 1.07. The van der Waals surface area contributed by atoms with Gasteiger partial charge in [0, 0.05) is 5.92 Å². The Kier molecular flexibility index (Phi) is 1.98. The molecule has 1 aliphatic heterocycles. The van der Waals surface area contributed by atoms with Crippen LogP contribution in [0.25, 0.3) is 0 Å². The van der Waals surface area contributed by atoms with Crippen molar-refractivity contribution < 1.29 is 14.6 Å². The van der Waals surface area contributed by atoms with E-state index >= 15 is 0 Å². The lowest BCUT2D eigenvalue weighted by atomic mass is 10.1. The second-order valence-corrected chi connectivity index (χ2v) is 4.27. The minimum absolute atomic E-state index is 0.0116. The van der Waals surface area contributed by atoms with Gasteiger partial charge in [0.15, 0.2) is 5.79 Å². The summed E-state index contributed by atoms with van der Waals surface area (Å²) in [4.78, 5) is 0. The van der Waals surface area contributed by atoms with Crippen LogP contribution in [0.3, 0.4) is 0 Å². The Bertz CT molecular complexity index is 224. The van der Waals surface area contributed by atoms with E-state index in [4.69, 9.17) is 9.47 Å². The molecule has 0 aromatic carbocycles. The molecule has 1 saturated carbocycles. The van der Waals surface area contributed by atoms with Crippen LogP contribution in [0.5, 0.6) is 0 Å². The quantitative estimate of drug-likeness (QED) is 0.620. The Morgan fingerprint density at radius 2 is 2.00 bits per heavy atom. The monoisotopic (exact) mass is 184 g/mol. The summed E-state index contributed by atoms with van der Waals surface area (Å²) in [6.45, 7) is 7.49. The van der Waals surface area contributed by atoms with Crippen LogP contribution < -0.4 is 0 Å². The molecule has 0 aromatic rings. The normalized spacial score (nSPS) is 47.6. The van der Waals surface area contributed by atoms with Gasteiger partial charge in [-0.05, 0) is 20.3 Å². The summed E-state index contributed by atoms with van der Waals surface area (Å²) in [5.41, 5.74) is 0. The molecule has 0 radical (unpaired) electrons. The molecule has 0 bridgehead atoms. The molecule has 1 N–H and O–H groups in total. The second kappa shape index (κ2) is 2.80. The van der Waals surface area contributed by atoms with Crippen LogP contribution in [0, 0.1) is 5.92 Å². The van der Waals surface area contributed by atoms with E-state index in [9.17, 15) is 5.11 Å². The summed E-state index contributed by atoms with van der Waals surface area (Å²) in [5, 5.41) is 9.68. The highest BCUT2D eigenvalue weighted by molar-refractivity contribution is 5.03. The molecule has 4 atom stereocenters. The molecule has 0 amide bonds. The molecule has 13 heavy (non-hydrogen) atoms. The zero-order valence-corrected chi connectivity index (χ0v) is 8.06. The first-order valence-electron chi connectivity index (χ1n) is 4.70. The van der Waals surface area contributed by atoms with Crippen molar-refractivity contribution in [3.8, 4) is 0 Å². The van der Waals surface area contributed by atoms with Gasteiger partial charge in [-0.25, -0.2) is 0 Å². The van der Waals surface area contributed by atoms with E-state index < -0.39 is 11.9 Å². The third-order valence-electron chi connectivity index (χ3n) is 2.78. The fourth-order valence-corrected chi connectivity index (χ4v) is 2.22. The maximum Gasteiger partial charge on any atom is 0.163 e. The van der Waals surface area contributed by atoms with Crippen LogP contribution in [0.2, 0.25) is 0 Å². The minimum Gasteiger partial charge on any atom is -0.390 e. The molecule has 2 rings (SSSR count). The summed E-state index contributed by atoms with van der Waals surface area (Å²) in [5.74, 6) is -0.334. The average molecular weight is 184 g/mol. The third-order valence-corrected chi connectivity index (χ3v) is 2.78. The van der Waals surface area contributed by atoms with Gasteiger partial charge in [-0.1, -0.05) is 6.08 Å². The lowest BCUT2D eigenvalue weighted by Gasteiger charge is -2.20. The standard InChI is InChI=1S/C10H16O3/c1-4-6-5-7(11)9-8(6)12-10(2,3)13-9/h4,6-9,11H,1,5H2,2-3H3/t6-,7-,8-,9+/m0/s1. The lowest BCUT2D eigenvalue weighted by molar-refractivity contribution is -0.164. The highest BCUT2D eigenvalue weighted by Crippen LogP contribution is 2.41. The van der Waals surface area contributed by atoms with Crippen molar-refractivity contribution in [3.05, 3.63) is 12.7 Å². The summed E-state index contributed by atoms with van der Waals surface area (Å²) in [7, 11) is 0. The fraction of sp³-hybridized carbons (Fsp3) is 0.800. The number of aliphatic hydroxyl groups is 1. The van der Waals surface area contributed by atoms with Crippen LogP contribution in [0.15, 0.2) is 12.7 Å². The van der Waals surface area contributed by atoms with Crippen LogP contribution in [0.1, 0.15) is 20.3 Å². The van der Waals surface area contributed by atoms with Gasteiger partial charge in [0.1, 0.15) is 6.10 Å². The van der Waals surface area contributed by atoms with E-state index in [1.54, 1.807) is 0 Å². The predicted molar refractivity (Wildman–Crippen MR) is 48.1 cm³/mol. The molecule has 74 valence electrons. The van der Waals surface area contributed by atoms with Crippen LogP contribution >= 0.6 is 0 Å². The van der Waals surface area contributed by atoms with Gasteiger partial charge in [-0.15, -0.1) is 6.58 Å². The number of ether oxygens (including phenoxy) is 2. The van der Waals surface area contributed by atoms with Crippen molar-refractivity contribution in [3.63, 3.8) is 0 Å². The minimum atomic E-state index is -0.558. The van der Waals surface area contributed by atoms with Crippen LogP contribution in [0.4, 0.5) is 0 Å². The van der Waals surface area contributed by atoms with Gasteiger partial charge in [-0.2, -0.15) is 0 Å². The fourth-order valence-electron chi connectivity index (χ4n) is 2.22. The number of rotatable bonds is 1. The molecule has 0 unspecified atom stereocenters. The highest BCUT2D eigenvalue weighted by atomic mass is 16.8. The van der Waals surface area contributed by atoms with Crippen molar-refractivity contribution in [2.24, 2.45) is 5.92 Å². The smallest absolute Gasteiger partial charge is 0.163 e. The van der Waals surface area contributed by atoms with Gasteiger partial charge in [-0.3, -0.25) is 0 Å². The third kappa shape index (κ3) is 1.41. The summed E-state index contributed by atoms with van der Waals surface area (Å²) in [6.07, 6.45) is 1.96. The highest BCUT2D eigenvalue weighted by Gasteiger charge is 2.52. The molecule has 1 saturated heterocycles. The Balaban J connectivity index is 2.17. The Hall–Kier alpha value is -0.380. The zero-order valence-electron chi connectivity index (χ0n) is 8.06. The average Bonchev–Trinajstić information content (AvgIpc) is 2.47. The first kappa shape index (κ1) is 9.19. The van der Waals surface area contributed by atoms with Crippen LogP contribution in [-0.4, -0.2) is 29.2 Å². The van der Waals surface area contributed by atoms with E-state index in [2.05, 4.69) is 6.58 Å². The molecule has 0 aromatic heterocycles. The topological polar surface area (TPSA) is 38.7 Å². The Labute approximate surface area is 78.3 Å². The van der Waals surface area contributed by atoms with Crippen LogP contribution in [-0.2, 0) is 9.47 Å². The molecule has 1 aliphatic carbocycles. The van der Waals surface area contributed by atoms with E-state index in [0.29, 0.717) is 6.42 Å². The maximum absolute atomic E-state index is 9.68. The van der Waals surface area contributed by atoms with Gasteiger partial charge >= 0.3 is 0 Å². The molecular formula is C10H16O3. The van der Waals surface area contributed by atoms with Crippen molar-refractivity contribution >= 4 is 0 Å². The summed E-state index contributed by atoms with van der Waals surface area (Å²) >= 11 is 0. The van der Waals surface area contributed by atoms with Gasteiger partial charge in [0.25, 0.3) is 0 Å². The largest absolute Gasteiger partial charge is 0.390 e. The van der Waals surface area contributed by atoms with Gasteiger partial charge in [0.2, 0.25) is 0 Å². The molecular weight excluding hydrogens is 168 g/mol. The number of hydrogen-bond donors (Lipinski definition) is 1. The first-order chi connectivity index (χ1) is 6.03. The SMILES string of the molecule is C=C[C@H]1C[C@H](O)[C@H]2OC(C)(C)O[C@H]21. The van der Waals surface area contributed by atoms with Crippen molar-refractivity contribution in [1.82, 2.24) is 0 Å². The molecule has 1 heterocycles. The number of aliphatic hydroxyl groups excluding tert-OH is 1. The van der Waals surface area contributed by atoms with E-state index in [1.165, 1.54) is 0 Å². The summed E-state index contributed by atoms with van der Waals surface area (Å²) < 4.78 is 11.3. The Morgan fingerprint density at radius 3 is 2.62 bits per heavy atom. The molecule has 0 spiro atoms. The van der Waals surface area contributed by atoms with E-state index in [0.717, 1.165) is 0 Å². The van der Waals surface area contributed by atoms with Crippen molar-refractivity contribution in [2.45, 2.75) is 44.4 Å². The van der Waals surface area contributed by atoms with E-state index in [-0.39, 0.29) is 18.1 Å².